The molecule has 4 nitrogen and oxygen atoms in total. The van der Waals surface area contributed by atoms with Gasteiger partial charge in [-0.1, -0.05) is 32.0 Å². The molecule has 0 bridgehead atoms. The Kier molecular flexibility index (Phi) is 5.95. The van der Waals surface area contributed by atoms with Crippen LogP contribution in [0.3, 0.4) is 0 Å². The Morgan fingerprint density at radius 2 is 1.80 bits per heavy atom. The maximum atomic E-state index is 5.66. The quantitative estimate of drug-likeness (QED) is 0.812. The highest BCUT2D eigenvalue weighted by atomic mass is 32.1. The topological polar surface area (TPSA) is 47.0 Å². The van der Waals surface area contributed by atoms with Crippen LogP contribution in [-0.4, -0.2) is 29.4 Å². The third-order valence-corrected chi connectivity index (χ3v) is 3.77. The van der Waals surface area contributed by atoms with Crippen molar-refractivity contribution < 1.29 is 4.74 Å². The molecule has 5 heteroatoms. The summed E-state index contributed by atoms with van der Waals surface area (Å²) in [7, 11) is 0. The first kappa shape index (κ1) is 14.9. The van der Waals surface area contributed by atoms with E-state index in [9.17, 15) is 0 Å². The molecule has 2 aromatic rings. The summed E-state index contributed by atoms with van der Waals surface area (Å²) in [5.74, 6) is 0.901. The lowest BCUT2D eigenvalue weighted by Crippen LogP contribution is -2.24. The number of aromatic nitrogens is 2. The van der Waals surface area contributed by atoms with Crippen molar-refractivity contribution in [2.75, 3.05) is 13.2 Å². The predicted molar refractivity (Wildman–Crippen MR) is 82.4 cm³/mol. The molecule has 1 heterocycles. The van der Waals surface area contributed by atoms with E-state index in [1.165, 1.54) is 0 Å². The van der Waals surface area contributed by atoms with Gasteiger partial charge in [0.05, 0.1) is 6.61 Å². The Morgan fingerprint density at radius 3 is 2.50 bits per heavy atom. The van der Waals surface area contributed by atoms with Crippen molar-refractivity contribution in [3.8, 4) is 5.75 Å². The summed E-state index contributed by atoms with van der Waals surface area (Å²) in [5.41, 5.74) is 0. The van der Waals surface area contributed by atoms with Crippen molar-refractivity contribution in [2.24, 2.45) is 0 Å². The fourth-order valence-electron chi connectivity index (χ4n) is 1.73. The molecule has 108 valence electrons. The van der Waals surface area contributed by atoms with E-state index in [4.69, 9.17) is 4.74 Å². The van der Waals surface area contributed by atoms with Gasteiger partial charge in [-0.25, -0.2) is 0 Å². The monoisotopic (exact) mass is 291 g/mol. The Bertz CT molecular complexity index is 499. The van der Waals surface area contributed by atoms with Crippen LogP contribution in [0.2, 0.25) is 0 Å². The van der Waals surface area contributed by atoms with E-state index in [0.29, 0.717) is 12.6 Å². The normalized spacial score (nSPS) is 10.9. The number of hydrogen-bond donors (Lipinski definition) is 1. The minimum Gasteiger partial charge on any atom is -0.493 e. The molecule has 0 radical (unpaired) electrons. The molecule has 0 amide bonds. The zero-order valence-electron chi connectivity index (χ0n) is 12.0. The molecule has 0 aliphatic heterocycles. The summed E-state index contributed by atoms with van der Waals surface area (Å²) in [6.45, 7) is 5.88. The third kappa shape index (κ3) is 5.27. The number of nitrogens with zero attached hydrogens (tertiary/aromatic N) is 2. The van der Waals surface area contributed by atoms with E-state index in [0.717, 1.165) is 35.2 Å². The van der Waals surface area contributed by atoms with Crippen LogP contribution >= 0.6 is 11.3 Å². The van der Waals surface area contributed by atoms with E-state index in [1.807, 2.05) is 30.3 Å². The largest absolute Gasteiger partial charge is 0.493 e. The van der Waals surface area contributed by atoms with Gasteiger partial charge in [0, 0.05) is 25.4 Å². The van der Waals surface area contributed by atoms with Crippen LogP contribution in [0.5, 0.6) is 5.75 Å². The average Bonchev–Trinajstić information content (AvgIpc) is 2.87. The van der Waals surface area contributed by atoms with Gasteiger partial charge in [0.2, 0.25) is 0 Å². The smallest absolute Gasteiger partial charge is 0.120 e. The van der Waals surface area contributed by atoms with Crippen LogP contribution in [0.1, 0.15) is 23.9 Å². The van der Waals surface area contributed by atoms with E-state index in [1.54, 1.807) is 11.3 Å². The van der Waals surface area contributed by atoms with E-state index in [2.05, 4.69) is 29.4 Å². The molecule has 0 saturated carbocycles. The van der Waals surface area contributed by atoms with Crippen LogP contribution < -0.4 is 10.1 Å². The summed E-state index contributed by atoms with van der Waals surface area (Å²) in [6.07, 6.45) is 1.75. The molecule has 0 atom stereocenters. The Balaban J connectivity index is 1.70. The first-order chi connectivity index (χ1) is 9.74. The molecular weight excluding hydrogens is 270 g/mol. The van der Waals surface area contributed by atoms with E-state index in [-0.39, 0.29) is 0 Å². The minimum absolute atomic E-state index is 0.515. The number of para-hydroxylation sites is 1. The van der Waals surface area contributed by atoms with Gasteiger partial charge in [-0.05, 0) is 12.1 Å². The molecule has 1 N–H and O–H groups in total. The van der Waals surface area contributed by atoms with E-state index >= 15 is 0 Å². The molecule has 0 aliphatic carbocycles. The lowest BCUT2D eigenvalue weighted by Gasteiger charge is -2.05. The lowest BCUT2D eigenvalue weighted by atomic mass is 10.3. The molecule has 0 spiro atoms. The number of ether oxygens (including phenoxy) is 1. The molecule has 1 aromatic heterocycles. The van der Waals surface area contributed by atoms with Crippen molar-refractivity contribution in [1.82, 2.24) is 15.5 Å². The summed E-state index contributed by atoms with van der Waals surface area (Å²) in [6, 6.07) is 10.4. The zero-order valence-corrected chi connectivity index (χ0v) is 12.8. The van der Waals surface area contributed by atoms with Gasteiger partial charge in [0.15, 0.2) is 0 Å². The van der Waals surface area contributed by atoms with Gasteiger partial charge < -0.3 is 10.1 Å². The maximum Gasteiger partial charge on any atom is 0.120 e. The summed E-state index contributed by atoms with van der Waals surface area (Å²) in [5, 5.41) is 13.9. The molecule has 1 aromatic carbocycles. The predicted octanol–water partition coefficient (Wildman–Crippen LogP) is 2.70. The molecule has 0 aliphatic rings. The summed E-state index contributed by atoms with van der Waals surface area (Å²) >= 11 is 1.68. The maximum absolute atomic E-state index is 5.66. The van der Waals surface area contributed by atoms with Gasteiger partial charge in [0.1, 0.15) is 15.8 Å². The number of benzene rings is 1. The van der Waals surface area contributed by atoms with Crippen LogP contribution in [-0.2, 0) is 12.8 Å². The van der Waals surface area contributed by atoms with Gasteiger partial charge >= 0.3 is 0 Å². The fourth-order valence-corrected chi connectivity index (χ4v) is 2.56. The Hall–Kier alpha value is -1.46. The van der Waals surface area contributed by atoms with Gasteiger partial charge in [-0.2, -0.15) is 0 Å². The molecule has 0 fully saturated rings. The molecule has 20 heavy (non-hydrogen) atoms. The van der Waals surface area contributed by atoms with Gasteiger partial charge in [-0.3, -0.25) is 0 Å². The van der Waals surface area contributed by atoms with Crippen molar-refractivity contribution >= 4 is 11.3 Å². The number of hydrogen-bond acceptors (Lipinski definition) is 5. The summed E-state index contributed by atoms with van der Waals surface area (Å²) in [4.78, 5) is 0. The summed E-state index contributed by atoms with van der Waals surface area (Å²) < 4.78 is 5.66. The van der Waals surface area contributed by atoms with Crippen LogP contribution in [0, 0.1) is 0 Å². The highest BCUT2D eigenvalue weighted by Crippen LogP contribution is 2.13. The zero-order chi connectivity index (χ0) is 14.2. The molecule has 2 rings (SSSR count). The van der Waals surface area contributed by atoms with Crippen LogP contribution in [0.15, 0.2) is 30.3 Å². The van der Waals surface area contributed by atoms with Gasteiger partial charge in [0.25, 0.3) is 0 Å². The van der Waals surface area contributed by atoms with Crippen molar-refractivity contribution in [2.45, 2.75) is 32.7 Å². The molecular formula is C15H21N3OS. The SMILES string of the molecule is CC(C)NCCc1nnc(CCOc2ccccc2)s1. The highest BCUT2D eigenvalue weighted by Gasteiger charge is 2.04. The van der Waals surface area contributed by atoms with Crippen molar-refractivity contribution in [3.05, 3.63) is 40.3 Å². The average molecular weight is 291 g/mol. The number of rotatable bonds is 8. The minimum atomic E-state index is 0.515. The molecule has 0 saturated heterocycles. The fraction of sp³-hybridized carbons (Fsp3) is 0.467. The van der Waals surface area contributed by atoms with Crippen LogP contribution in [0.4, 0.5) is 0 Å². The Morgan fingerprint density at radius 1 is 1.10 bits per heavy atom. The first-order valence-corrected chi connectivity index (χ1v) is 7.78. The highest BCUT2D eigenvalue weighted by molar-refractivity contribution is 7.11. The van der Waals surface area contributed by atoms with Gasteiger partial charge in [-0.15, -0.1) is 21.5 Å². The Labute approximate surface area is 124 Å². The van der Waals surface area contributed by atoms with Crippen LogP contribution in [0.25, 0.3) is 0 Å². The first-order valence-electron chi connectivity index (χ1n) is 6.96. The lowest BCUT2D eigenvalue weighted by molar-refractivity contribution is 0.321. The van der Waals surface area contributed by atoms with E-state index < -0.39 is 0 Å². The second-order valence-electron chi connectivity index (χ2n) is 4.86. The van der Waals surface area contributed by atoms with Crippen molar-refractivity contribution in [3.63, 3.8) is 0 Å². The second-order valence-corrected chi connectivity index (χ2v) is 6.01. The standard InChI is InChI=1S/C15H21N3OS/c1-12(2)16-10-8-14-17-18-15(20-14)9-11-19-13-6-4-3-5-7-13/h3-7,12,16H,8-11H2,1-2H3. The molecule has 0 unspecified atom stereocenters. The third-order valence-electron chi connectivity index (χ3n) is 2.73. The second kappa shape index (κ2) is 7.97. The van der Waals surface area contributed by atoms with Crippen molar-refractivity contribution in [1.29, 1.82) is 0 Å². The number of nitrogens with one attached hydrogen (secondary N) is 1.